The molecule has 180 valence electrons. The van der Waals surface area contributed by atoms with E-state index in [-0.39, 0.29) is 42.4 Å². The zero-order chi connectivity index (χ0) is 23.8. The highest BCUT2D eigenvalue weighted by atomic mass is 32.2. The van der Waals surface area contributed by atoms with Gasteiger partial charge >= 0.3 is 5.97 Å². The SMILES string of the molecule is CCOC(=O)c1ccc(S(=O)(=O)N2CCC(C(=O)N(CCOC)Cc3ccccc3)CC2)o1. The minimum Gasteiger partial charge on any atom is -0.460 e. The molecule has 0 aliphatic carbocycles. The number of nitrogens with zero attached hydrogens (tertiary/aromatic N) is 2. The summed E-state index contributed by atoms with van der Waals surface area (Å²) in [5, 5.41) is -0.305. The average molecular weight is 479 g/mol. The van der Waals surface area contributed by atoms with Gasteiger partial charge in [-0.3, -0.25) is 4.79 Å². The fourth-order valence-corrected chi connectivity index (χ4v) is 5.15. The molecule has 0 unspecified atom stereocenters. The van der Waals surface area contributed by atoms with Crippen LogP contribution in [-0.2, 0) is 30.8 Å². The Morgan fingerprint density at radius 1 is 1.12 bits per heavy atom. The third kappa shape index (κ3) is 6.21. The maximum absolute atomic E-state index is 13.2. The van der Waals surface area contributed by atoms with Crippen molar-refractivity contribution < 1.29 is 31.9 Å². The van der Waals surface area contributed by atoms with Gasteiger partial charge in [0.2, 0.25) is 16.8 Å². The fourth-order valence-electron chi connectivity index (χ4n) is 3.77. The minimum atomic E-state index is -3.91. The molecule has 1 aromatic heterocycles. The molecule has 1 aliphatic rings. The van der Waals surface area contributed by atoms with Crippen LogP contribution in [0.2, 0.25) is 0 Å². The molecular weight excluding hydrogens is 448 g/mol. The number of rotatable bonds is 10. The molecule has 0 radical (unpaired) electrons. The number of furan rings is 1. The molecule has 1 fully saturated rings. The average Bonchev–Trinajstić information content (AvgIpc) is 3.34. The van der Waals surface area contributed by atoms with Gasteiger partial charge in [-0.05, 0) is 37.5 Å². The van der Waals surface area contributed by atoms with E-state index in [1.807, 2.05) is 30.3 Å². The number of benzene rings is 1. The Morgan fingerprint density at radius 3 is 2.45 bits per heavy atom. The third-order valence-electron chi connectivity index (χ3n) is 5.55. The second-order valence-corrected chi connectivity index (χ2v) is 9.62. The highest BCUT2D eigenvalue weighted by Crippen LogP contribution is 2.27. The van der Waals surface area contributed by atoms with Crippen LogP contribution in [0.3, 0.4) is 0 Å². The first-order valence-electron chi connectivity index (χ1n) is 11.0. The van der Waals surface area contributed by atoms with Crippen molar-refractivity contribution in [2.24, 2.45) is 5.92 Å². The van der Waals surface area contributed by atoms with Gasteiger partial charge in [0.05, 0.1) is 13.2 Å². The molecule has 9 nitrogen and oxygen atoms in total. The van der Waals surface area contributed by atoms with Crippen molar-refractivity contribution in [1.29, 1.82) is 0 Å². The molecule has 0 spiro atoms. The Labute approximate surface area is 194 Å². The number of methoxy groups -OCH3 is 1. The van der Waals surface area contributed by atoms with Crippen LogP contribution in [0.4, 0.5) is 0 Å². The van der Waals surface area contributed by atoms with Crippen molar-refractivity contribution in [3.63, 3.8) is 0 Å². The summed E-state index contributed by atoms with van der Waals surface area (Å²) in [6, 6.07) is 12.3. The molecule has 10 heteroatoms. The van der Waals surface area contributed by atoms with E-state index in [2.05, 4.69) is 0 Å². The summed E-state index contributed by atoms with van der Waals surface area (Å²) in [7, 11) is -2.31. The van der Waals surface area contributed by atoms with Crippen LogP contribution >= 0.6 is 0 Å². The summed E-state index contributed by atoms with van der Waals surface area (Å²) < 4.78 is 42.4. The molecule has 2 aromatic rings. The van der Waals surface area contributed by atoms with E-state index in [4.69, 9.17) is 13.9 Å². The lowest BCUT2D eigenvalue weighted by molar-refractivity contribution is -0.138. The van der Waals surface area contributed by atoms with Crippen molar-refractivity contribution in [3.8, 4) is 0 Å². The van der Waals surface area contributed by atoms with Gasteiger partial charge in [0, 0.05) is 39.2 Å². The van der Waals surface area contributed by atoms with Crippen LogP contribution in [-0.4, -0.2) is 69.5 Å². The molecule has 0 bridgehead atoms. The van der Waals surface area contributed by atoms with E-state index in [9.17, 15) is 18.0 Å². The molecule has 0 N–H and O–H groups in total. The fraction of sp³-hybridized carbons (Fsp3) is 0.478. The summed E-state index contributed by atoms with van der Waals surface area (Å²) >= 11 is 0. The van der Waals surface area contributed by atoms with Gasteiger partial charge in [-0.25, -0.2) is 13.2 Å². The largest absolute Gasteiger partial charge is 0.460 e. The molecule has 1 saturated heterocycles. The summed E-state index contributed by atoms with van der Waals surface area (Å²) in [6.07, 6.45) is 0.809. The lowest BCUT2D eigenvalue weighted by Crippen LogP contribution is -2.44. The van der Waals surface area contributed by atoms with Crippen molar-refractivity contribution in [2.45, 2.75) is 31.4 Å². The van der Waals surface area contributed by atoms with Gasteiger partial charge in [-0.1, -0.05) is 30.3 Å². The van der Waals surface area contributed by atoms with E-state index in [0.717, 1.165) is 5.56 Å². The number of hydrogen-bond donors (Lipinski definition) is 0. The number of ether oxygens (including phenoxy) is 2. The minimum absolute atomic E-state index is 0.00412. The number of amides is 1. The lowest BCUT2D eigenvalue weighted by atomic mass is 9.96. The third-order valence-corrected chi connectivity index (χ3v) is 7.32. The van der Waals surface area contributed by atoms with E-state index in [0.29, 0.717) is 32.5 Å². The zero-order valence-electron chi connectivity index (χ0n) is 18.9. The lowest BCUT2D eigenvalue weighted by Gasteiger charge is -2.33. The predicted octanol–water partition coefficient (Wildman–Crippen LogP) is 2.53. The van der Waals surface area contributed by atoms with E-state index >= 15 is 0 Å². The van der Waals surface area contributed by atoms with Gasteiger partial charge < -0.3 is 18.8 Å². The second-order valence-electron chi connectivity index (χ2n) is 7.76. The van der Waals surface area contributed by atoms with Gasteiger partial charge in [0.1, 0.15) is 0 Å². The van der Waals surface area contributed by atoms with Crippen LogP contribution in [0.1, 0.15) is 35.9 Å². The van der Waals surface area contributed by atoms with Crippen molar-refractivity contribution >= 4 is 21.9 Å². The smallest absolute Gasteiger partial charge is 0.374 e. The maximum atomic E-state index is 13.2. The molecule has 1 aliphatic heterocycles. The first-order chi connectivity index (χ1) is 15.9. The monoisotopic (exact) mass is 478 g/mol. The van der Waals surface area contributed by atoms with Crippen molar-refractivity contribution in [3.05, 3.63) is 53.8 Å². The number of carbonyl (C=O) groups is 2. The standard InChI is InChI=1S/C23H30N2O7S/c1-3-31-23(27)20-9-10-21(32-20)33(28,29)25-13-11-19(12-14-25)22(26)24(15-16-30-2)17-18-7-5-4-6-8-18/h4-10,19H,3,11-17H2,1-2H3. The highest BCUT2D eigenvalue weighted by molar-refractivity contribution is 7.89. The molecule has 33 heavy (non-hydrogen) atoms. The maximum Gasteiger partial charge on any atom is 0.374 e. The van der Waals surface area contributed by atoms with E-state index in [1.165, 1.54) is 16.4 Å². The Bertz CT molecular complexity index is 1030. The Morgan fingerprint density at radius 2 is 1.82 bits per heavy atom. The Hall–Kier alpha value is -2.69. The molecular formula is C23H30N2O7S. The highest BCUT2D eigenvalue weighted by Gasteiger charge is 2.35. The molecule has 1 amide bonds. The first kappa shape index (κ1) is 24.9. The van der Waals surface area contributed by atoms with Crippen LogP contribution in [0.25, 0.3) is 0 Å². The normalized spacial score (nSPS) is 15.3. The number of sulfonamides is 1. The Kier molecular flexibility index (Phi) is 8.65. The first-order valence-corrected chi connectivity index (χ1v) is 12.4. The van der Waals surface area contributed by atoms with Crippen molar-refractivity contribution in [2.75, 3.05) is 40.0 Å². The van der Waals surface area contributed by atoms with Crippen LogP contribution in [0.15, 0.2) is 52.0 Å². The Balaban J connectivity index is 1.63. The molecule has 2 heterocycles. The topological polar surface area (TPSA) is 106 Å². The van der Waals surface area contributed by atoms with Gasteiger partial charge in [-0.15, -0.1) is 0 Å². The van der Waals surface area contributed by atoms with Gasteiger partial charge in [-0.2, -0.15) is 4.31 Å². The molecule has 0 atom stereocenters. The molecule has 0 saturated carbocycles. The number of esters is 1. The molecule has 3 rings (SSSR count). The number of carbonyl (C=O) groups excluding carboxylic acids is 2. The van der Waals surface area contributed by atoms with Crippen molar-refractivity contribution in [1.82, 2.24) is 9.21 Å². The summed E-state index contributed by atoms with van der Waals surface area (Å²) in [6.45, 7) is 3.56. The van der Waals surface area contributed by atoms with Crippen LogP contribution in [0, 0.1) is 5.92 Å². The number of piperidine rings is 1. The zero-order valence-corrected chi connectivity index (χ0v) is 19.8. The van der Waals surface area contributed by atoms with Gasteiger partial charge in [0.15, 0.2) is 0 Å². The summed E-state index contributed by atoms with van der Waals surface area (Å²) in [4.78, 5) is 26.8. The quantitative estimate of drug-likeness (QED) is 0.483. The van der Waals surface area contributed by atoms with E-state index < -0.39 is 16.0 Å². The summed E-state index contributed by atoms with van der Waals surface area (Å²) in [5.41, 5.74) is 1.03. The summed E-state index contributed by atoms with van der Waals surface area (Å²) in [5.74, 6) is -1.15. The number of hydrogen-bond acceptors (Lipinski definition) is 7. The van der Waals surface area contributed by atoms with E-state index in [1.54, 1.807) is 18.9 Å². The van der Waals surface area contributed by atoms with Gasteiger partial charge in [0.25, 0.3) is 10.0 Å². The predicted molar refractivity (Wildman–Crippen MR) is 120 cm³/mol. The molecule has 1 aromatic carbocycles. The second kappa shape index (κ2) is 11.4. The van der Waals surface area contributed by atoms with Crippen LogP contribution < -0.4 is 0 Å². The van der Waals surface area contributed by atoms with Crippen LogP contribution in [0.5, 0.6) is 0 Å².